The Morgan fingerprint density at radius 3 is 2.52 bits per heavy atom. The van der Waals surface area contributed by atoms with Gasteiger partial charge in [-0.25, -0.2) is 26.6 Å². The Morgan fingerprint density at radius 1 is 1.04 bits per heavy atom. The predicted octanol–water partition coefficient (Wildman–Crippen LogP) is 2.35. The van der Waals surface area contributed by atoms with E-state index < -0.39 is 26.6 Å². The van der Waals surface area contributed by atoms with Gasteiger partial charge >= 0.3 is 0 Å². The van der Waals surface area contributed by atoms with Crippen molar-refractivity contribution in [1.29, 1.82) is 0 Å². The summed E-state index contributed by atoms with van der Waals surface area (Å²) in [7, 11) is -4.34. The van der Waals surface area contributed by atoms with Crippen molar-refractivity contribution >= 4 is 16.0 Å². The summed E-state index contributed by atoms with van der Waals surface area (Å²) in [5, 5.41) is 3.94. The lowest BCUT2D eigenvalue weighted by Crippen LogP contribution is -2.16. The number of hydrogen-bond acceptors (Lipinski definition) is 4. The number of aromatic nitrogens is 3. The highest BCUT2D eigenvalue weighted by molar-refractivity contribution is 7.92. The largest absolute Gasteiger partial charge is 0.267 e. The Balaban J connectivity index is 1.90. The zero-order valence-electron chi connectivity index (χ0n) is 11.5. The van der Waals surface area contributed by atoms with Crippen LogP contribution in [0.5, 0.6) is 0 Å². The van der Waals surface area contributed by atoms with Crippen LogP contribution in [0.4, 0.5) is 14.7 Å². The number of rotatable bonds is 4. The van der Waals surface area contributed by atoms with Crippen molar-refractivity contribution < 1.29 is 17.2 Å². The lowest BCUT2D eigenvalue weighted by molar-refractivity contribution is 0.555. The Bertz CT molecular complexity index is 942. The number of sulfonamides is 1. The third-order valence-corrected chi connectivity index (χ3v) is 4.26. The van der Waals surface area contributed by atoms with Crippen LogP contribution in [0.15, 0.2) is 59.8 Å². The van der Waals surface area contributed by atoms with Gasteiger partial charge in [-0.05, 0) is 30.3 Å². The molecule has 0 aliphatic heterocycles. The van der Waals surface area contributed by atoms with Gasteiger partial charge in [-0.2, -0.15) is 4.98 Å². The molecule has 2 aromatic carbocycles. The number of anilines is 1. The molecule has 118 valence electrons. The van der Waals surface area contributed by atoms with E-state index in [4.69, 9.17) is 0 Å². The minimum absolute atomic E-state index is 0.252. The van der Waals surface area contributed by atoms with Crippen molar-refractivity contribution in [2.45, 2.75) is 4.90 Å². The van der Waals surface area contributed by atoms with Crippen LogP contribution in [-0.2, 0) is 10.0 Å². The van der Waals surface area contributed by atoms with Crippen molar-refractivity contribution in [3.8, 4) is 5.69 Å². The maximum Gasteiger partial charge on any atom is 0.267 e. The third-order valence-electron chi connectivity index (χ3n) is 2.92. The van der Waals surface area contributed by atoms with Gasteiger partial charge in [0, 0.05) is 0 Å². The summed E-state index contributed by atoms with van der Waals surface area (Å²) >= 11 is 0. The maximum absolute atomic E-state index is 13.6. The average Bonchev–Trinajstić information content (AvgIpc) is 2.98. The van der Waals surface area contributed by atoms with E-state index in [1.165, 1.54) is 11.0 Å². The van der Waals surface area contributed by atoms with E-state index in [1.807, 2.05) is 10.8 Å². The monoisotopic (exact) mass is 336 g/mol. The SMILES string of the molecule is O=S(=O)(Nc1ncn(-c2ccccc2)n1)c1cc(F)ccc1F. The zero-order valence-corrected chi connectivity index (χ0v) is 12.3. The summed E-state index contributed by atoms with van der Waals surface area (Å²) in [5.74, 6) is -2.19. The fourth-order valence-corrected chi connectivity index (χ4v) is 2.91. The quantitative estimate of drug-likeness (QED) is 0.793. The van der Waals surface area contributed by atoms with Crippen molar-refractivity contribution in [2.75, 3.05) is 4.72 Å². The summed E-state index contributed by atoms with van der Waals surface area (Å²) < 4.78 is 54.3. The zero-order chi connectivity index (χ0) is 16.4. The van der Waals surface area contributed by atoms with Gasteiger partial charge in [-0.15, -0.1) is 5.10 Å². The van der Waals surface area contributed by atoms with Gasteiger partial charge in [-0.3, -0.25) is 0 Å². The Labute approximate surface area is 130 Å². The second kappa shape index (κ2) is 5.76. The predicted molar refractivity (Wildman–Crippen MR) is 78.5 cm³/mol. The summed E-state index contributed by atoms with van der Waals surface area (Å²) in [4.78, 5) is 2.99. The van der Waals surface area contributed by atoms with Crippen LogP contribution in [-0.4, -0.2) is 23.2 Å². The molecule has 0 saturated heterocycles. The van der Waals surface area contributed by atoms with Crippen molar-refractivity contribution in [3.05, 3.63) is 66.5 Å². The normalized spacial score (nSPS) is 11.4. The highest BCUT2D eigenvalue weighted by Gasteiger charge is 2.21. The summed E-state index contributed by atoms with van der Waals surface area (Å²) in [6, 6.07) is 11.0. The Hall–Kier alpha value is -2.81. The molecule has 9 heteroatoms. The third kappa shape index (κ3) is 3.19. The van der Waals surface area contributed by atoms with Gasteiger partial charge in [-0.1, -0.05) is 18.2 Å². The molecule has 0 radical (unpaired) electrons. The standard InChI is InChI=1S/C14H10F2N4O2S/c15-10-6-7-12(16)13(8-10)23(21,22)19-14-17-9-20(18-14)11-4-2-1-3-5-11/h1-9H,(H,18,19). The fraction of sp³-hybridized carbons (Fsp3) is 0. The van der Waals surface area contributed by atoms with Crippen LogP contribution in [0.1, 0.15) is 0 Å². The Kier molecular flexibility index (Phi) is 3.78. The van der Waals surface area contributed by atoms with Crippen LogP contribution < -0.4 is 4.72 Å². The smallest absolute Gasteiger partial charge is 0.246 e. The molecule has 0 unspecified atom stereocenters. The average molecular weight is 336 g/mol. The molecule has 0 saturated carbocycles. The number of hydrogen-bond donors (Lipinski definition) is 1. The number of nitrogens with zero attached hydrogens (tertiary/aromatic N) is 3. The van der Waals surface area contributed by atoms with E-state index >= 15 is 0 Å². The van der Waals surface area contributed by atoms with E-state index in [-0.39, 0.29) is 5.95 Å². The van der Waals surface area contributed by atoms with Crippen molar-refractivity contribution in [1.82, 2.24) is 14.8 Å². The molecule has 0 aliphatic rings. The second-order valence-electron chi connectivity index (χ2n) is 4.53. The fourth-order valence-electron chi connectivity index (χ4n) is 1.87. The molecule has 3 aromatic rings. The molecule has 1 aromatic heterocycles. The second-order valence-corrected chi connectivity index (χ2v) is 6.18. The lowest BCUT2D eigenvalue weighted by Gasteiger charge is -2.05. The van der Waals surface area contributed by atoms with E-state index in [0.717, 1.165) is 12.1 Å². The summed E-state index contributed by atoms with van der Waals surface area (Å²) in [5.41, 5.74) is 0.669. The number of para-hydroxylation sites is 1. The van der Waals surface area contributed by atoms with Crippen molar-refractivity contribution in [2.24, 2.45) is 0 Å². The van der Waals surface area contributed by atoms with E-state index in [2.05, 4.69) is 10.1 Å². The number of nitrogens with one attached hydrogen (secondary N) is 1. The van der Waals surface area contributed by atoms with Crippen LogP contribution in [0, 0.1) is 11.6 Å². The molecule has 0 spiro atoms. The molecule has 0 fully saturated rings. The Morgan fingerprint density at radius 2 is 1.78 bits per heavy atom. The molecule has 0 bridgehead atoms. The maximum atomic E-state index is 13.6. The minimum atomic E-state index is -4.34. The van der Waals surface area contributed by atoms with E-state index in [0.29, 0.717) is 11.8 Å². The van der Waals surface area contributed by atoms with Gasteiger partial charge in [0.25, 0.3) is 16.0 Å². The minimum Gasteiger partial charge on any atom is -0.246 e. The molecular weight excluding hydrogens is 326 g/mol. The van der Waals surface area contributed by atoms with Crippen molar-refractivity contribution in [3.63, 3.8) is 0 Å². The molecule has 1 N–H and O–H groups in total. The molecule has 6 nitrogen and oxygen atoms in total. The summed E-state index contributed by atoms with van der Waals surface area (Å²) in [6.45, 7) is 0. The molecule has 0 amide bonds. The molecule has 0 aliphatic carbocycles. The first-order chi connectivity index (χ1) is 11.0. The van der Waals surface area contributed by atoms with E-state index in [9.17, 15) is 17.2 Å². The molecule has 3 rings (SSSR count). The van der Waals surface area contributed by atoms with Gasteiger partial charge in [0.2, 0.25) is 0 Å². The number of benzene rings is 2. The molecule has 0 atom stereocenters. The topological polar surface area (TPSA) is 76.9 Å². The lowest BCUT2D eigenvalue weighted by atomic mass is 10.3. The van der Waals surface area contributed by atoms with Gasteiger partial charge < -0.3 is 0 Å². The van der Waals surface area contributed by atoms with Gasteiger partial charge in [0.05, 0.1) is 5.69 Å². The molecule has 23 heavy (non-hydrogen) atoms. The van der Waals surface area contributed by atoms with Crippen LogP contribution in [0.2, 0.25) is 0 Å². The van der Waals surface area contributed by atoms with Gasteiger partial charge in [0.15, 0.2) is 0 Å². The first-order valence-corrected chi connectivity index (χ1v) is 7.89. The first-order valence-electron chi connectivity index (χ1n) is 6.41. The van der Waals surface area contributed by atoms with Gasteiger partial charge in [0.1, 0.15) is 22.9 Å². The van der Waals surface area contributed by atoms with Crippen LogP contribution >= 0.6 is 0 Å². The first kappa shape index (κ1) is 15.1. The van der Waals surface area contributed by atoms with E-state index in [1.54, 1.807) is 24.3 Å². The highest BCUT2D eigenvalue weighted by atomic mass is 32.2. The van der Waals surface area contributed by atoms with Crippen LogP contribution in [0.3, 0.4) is 0 Å². The summed E-state index contributed by atoms with van der Waals surface area (Å²) in [6.07, 6.45) is 1.30. The molecular formula is C14H10F2N4O2S. The number of halogens is 2. The highest BCUT2D eigenvalue weighted by Crippen LogP contribution is 2.18. The van der Waals surface area contributed by atoms with Crippen LogP contribution in [0.25, 0.3) is 5.69 Å². The molecule has 1 heterocycles.